The lowest BCUT2D eigenvalue weighted by Crippen LogP contribution is -2.35. The van der Waals surface area contributed by atoms with Crippen LogP contribution >= 0.6 is 0 Å². The number of nitrogens with zero attached hydrogens (tertiary/aromatic N) is 3. The van der Waals surface area contributed by atoms with Crippen LogP contribution < -0.4 is 10.8 Å². The summed E-state index contributed by atoms with van der Waals surface area (Å²) >= 11 is 0. The number of nitriles is 1. The van der Waals surface area contributed by atoms with Crippen LogP contribution in [0, 0.1) is 23.7 Å². The van der Waals surface area contributed by atoms with E-state index < -0.39 is 0 Å². The number of imidazole rings is 1. The molecule has 0 saturated heterocycles. The molecule has 1 aliphatic rings. The van der Waals surface area contributed by atoms with E-state index in [1.807, 2.05) is 19.9 Å². The van der Waals surface area contributed by atoms with Crippen LogP contribution in [0.1, 0.15) is 37.8 Å². The Kier molecular flexibility index (Phi) is 3.86. The van der Waals surface area contributed by atoms with Gasteiger partial charge in [0.05, 0.1) is 22.2 Å². The van der Waals surface area contributed by atoms with Crippen LogP contribution in [0.25, 0.3) is 22.8 Å². The highest BCUT2D eigenvalue weighted by molar-refractivity contribution is 6.04. The molecule has 28 heavy (non-hydrogen) atoms. The molecule has 2 aromatic heterocycles. The van der Waals surface area contributed by atoms with Gasteiger partial charge in [0.1, 0.15) is 11.8 Å². The number of carbonyl (C=O) groups is 1. The minimum Gasteiger partial charge on any atom is -0.512 e. The first-order valence-electron chi connectivity index (χ1n) is 9.04. The summed E-state index contributed by atoms with van der Waals surface area (Å²) in [5.41, 5.74) is 1.71. The molecule has 0 saturated carbocycles. The second-order valence-corrected chi connectivity index (χ2v) is 8.04. The highest BCUT2D eigenvalue weighted by Gasteiger charge is 2.32. The quantitative estimate of drug-likeness (QED) is 0.708. The van der Waals surface area contributed by atoms with Crippen LogP contribution in [0.15, 0.2) is 40.4 Å². The number of ketones is 1. The average Bonchev–Trinajstić information content (AvgIpc) is 2.99. The molecule has 4 rings (SSSR count). The number of para-hydroxylation sites is 2. The average molecular weight is 373 g/mol. The molecule has 6 nitrogen and oxygen atoms in total. The third-order valence-corrected chi connectivity index (χ3v) is 5.29. The fraction of sp³-hybridized carbons (Fsp3) is 0.273. The molecule has 0 aliphatic heterocycles. The summed E-state index contributed by atoms with van der Waals surface area (Å²) in [6.07, 6.45) is 2.08. The van der Waals surface area contributed by atoms with Crippen molar-refractivity contribution < 1.29 is 9.90 Å². The number of fused-ring (bicyclic) bond motifs is 3. The first kappa shape index (κ1) is 17.9. The molecule has 2 heterocycles. The Hall–Kier alpha value is -3.46. The van der Waals surface area contributed by atoms with E-state index in [9.17, 15) is 20.0 Å². The zero-order chi connectivity index (χ0) is 20.2. The summed E-state index contributed by atoms with van der Waals surface area (Å²) in [5, 5.41) is 20.3. The largest absolute Gasteiger partial charge is 0.512 e. The Labute approximate surface area is 161 Å². The Morgan fingerprint density at radius 3 is 2.64 bits per heavy atom. The van der Waals surface area contributed by atoms with Gasteiger partial charge in [0.15, 0.2) is 11.4 Å². The molecule has 0 atom stereocenters. The summed E-state index contributed by atoms with van der Waals surface area (Å²) in [6.45, 7) is 5.50. The van der Waals surface area contributed by atoms with Crippen molar-refractivity contribution in [3.63, 3.8) is 0 Å². The third kappa shape index (κ3) is 2.59. The number of carbonyl (C=O) groups excluding carboxylic acids is 1. The first-order valence-corrected chi connectivity index (χ1v) is 9.04. The van der Waals surface area contributed by atoms with Gasteiger partial charge in [0.2, 0.25) is 0 Å². The molecule has 1 aliphatic carbocycles. The van der Waals surface area contributed by atoms with Gasteiger partial charge in [0.25, 0.3) is 5.56 Å². The van der Waals surface area contributed by atoms with Crippen LogP contribution in [-0.2, 0) is 4.79 Å². The van der Waals surface area contributed by atoms with Gasteiger partial charge in [-0.3, -0.25) is 14.0 Å². The Morgan fingerprint density at radius 2 is 1.96 bits per heavy atom. The van der Waals surface area contributed by atoms with Crippen molar-refractivity contribution in [3.8, 4) is 6.07 Å². The molecule has 0 spiro atoms. The predicted octanol–water partition coefficient (Wildman–Crippen LogP) is 2.73. The van der Waals surface area contributed by atoms with Gasteiger partial charge in [-0.2, -0.15) is 5.26 Å². The van der Waals surface area contributed by atoms with E-state index in [2.05, 4.69) is 11.1 Å². The molecule has 1 aromatic carbocycles. The number of aliphatic hydroxyl groups is 1. The molecular formula is C22H19N3O3. The lowest BCUT2D eigenvalue weighted by Gasteiger charge is -2.28. The molecule has 0 amide bonds. The minimum absolute atomic E-state index is 0.0193. The van der Waals surface area contributed by atoms with Crippen LogP contribution in [-0.4, -0.2) is 20.3 Å². The predicted molar refractivity (Wildman–Crippen MR) is 106 cm³/mol. The Morgan fingerprint density at radius 1 is 1.25 bits per heavy atom. The van der Waals surface area contributed by atoms with Crippen molar-refractivity contribution >= 4 is 28.5 Å². The number of benzene rings is 1. The number of rotatable bonds is 1. The molecular weight excluding hydrogens is 354 g/mol. The van der Waals surface area contributed by atoms with Crippen LogP contribution in [0.5, 0.6) is 0 Å². The molecule has 1 N–H and O–H groups in total. The van der Waals surface area contributed by atoms with E-state index in [0.29, 0.717) is 28.7 Å². The van der Waals surface area contributed by atoms with Crippen LogP contribution in [0.2, 0.25) is 0 Å². The minimum atomic E-state index is -0.363. The Bertz CT molecular complexity index is 1350. The lowest BCUT2D eigenvalue weighted by atomic mass is 9.76. The van der Waals surface area contributed by atoms with Gasteiger partial charge in [-0.25, -0.2) is 4.98 Å². The summed E-state index contributed by atoms with van der Waals surface area (Å²) in [5.74, 6) is -0.226. The molecule has 0 bridgehead atoms. The topological polar surface area (TPSA) is 95.5 Å². The monoisotopic (exact) mass is 373 g/mol. The number of pyridine rings is 1. The van der Waals surface area contributed by atoms with Crippen molar-refractivity contribution in [1.29, 1.82) is 5.26 Å². The van der Waals surface area contributed by atoms with E-state index in [4.69, 9.17) is 0 Å². The van der Waals surface area contributed by atoms with E-state index in [1.54, 1.807) is 25.1 Å². The molecule has 3 aromatic rings. The molecule has 0 radical (unpaired) electrons. The van der Waals surface area contributed by atoms with E-state index in [-0.39, 0.29) is 45.3 Å². The number of allylic oxidation sites excluding steroid dienone is 2. The van der Waals surface area contributed by atoms with Crippen molar-refractivity contribution in [2.75, 3.05) is 0 Å². The zero-order valence-corrected chi connectivity index (χ0v) is 15.9. The smallest absolute Gasteiger partial charge is 0.264 e. The van der Waals surface area contributed by atoms with Crippen molar-refractivity contribution in [2.45, 2.75) is 33.6 Å². The van der Waals surface area contributed by atoms with Gasteiger partial charge in [0, 0.05) is 18.1 Å². The van der Waals surface area contributed by atoms with Gasteiger partial charge in [-0.15, -0.1) is 0 Å². The van der Waals surface area contributed by atoms with E-state index in [0.717, 1.165) is 0 Å². The second-order valence-electron chi connectivity index (χ2n) is 8.04. The van der Waals surface area contributed by atoms with Gasteiger partial charge < -0.3 is 5.11 Å². The summed E-state index contributed by atoms with van der Waals surface area (Å²) in [4.78, 5) is 30.3. The summed E-state index contributed by atoms with van der Waals surface area (Å²) in [7, 11) is 0. The highest BCUT2D eigenvalue weighted by Crippen LogP contribution is 2.36. The van der Waals surface area contributed by atoms with Gasteiger partial charge in [-0.1, -0.05) is 26.0 Å². The standard InChI is InChI=1S/C22H19N3O3/c1-12-13(8-14-18(26)9-22(2,3)10-19(14)27)21(28)25-17-7-5-4-6-16(17)24-20(25)15(12)11-23/h4-8,26H,9-10H2,1-3H3/b13-8+. The fourth-order valence-corrected chi connectivity index (χ4v) is 3.90. The summed E-state index contributed by atoms with van der Waals surface area (Å²) in [6, 6.07) is 9.29. The van der Waals surface area contributed by atoms with Crippen LogP contribution in [0.3, 0.4) is 0 Å². The highest BCUT2D eigenvalue weighted by atomic mass is 16.3. The maximum Gasteiger partial charge on any atom is 0.264 e. The first-order chi connectivity index (χ1) is 13.2. The fourth-order valence-electron chi connectivity index (χ4n) is 3.90. The molecule has 0 unspecified atom stereocenters. The lowest BCUT2D eigenvalue weighted by molar-refractivity contribution is -0.118. The Balaban J connectivity index is 2.13. The SMILES string of the molecule is Cc1c(C#N)c2nc3ccccc3n2c(=O)/c1=C/C1=C(O)CC(C)(C)CC1=O. The number of hydrogen-bond acceptors (Lipinski definition) is 5. The number of aliphatic hydroxyl groups excluding tert-OH is 1. The molecule has 6 heteroatoms. The normalized spacial score (nSPS) is 17.5. The van der Waals surface area contributed by atoms with Crippen LogP contribution in [0.4, 0.5) is 0 Å². The van der Waals surface area contributed by atoms with Gasteiger partial charge >= 0.3 is 0 Å². The van der Waals surface area contributed by atoms with Crippen molar-refractivity contribution in [1.82, 2.24) is 9.38 Å². The van der Waals surface area contributed by atoms with E-state index >= 15 is 0 Å². The maximum absolute atomic E-state index is 13.3. The number of Topliss-reactive ketones (excluding diaryl/α,β-unsaturated/α-hetero) is 1. The molecule has 140 valence electrons. The second kappa shape index (κ2) is 6.03. The van der Waals surface area contributed by atoms with E-state index in [1.165, 1.54) is 10.5 Å². The number of hydrogen-bond donors (Lipinski definition) is 1. The van der Waals surface area contributed by atoms with Crippen molar-refractivity contribution in [2.24, 2.45) is 5.41 Å². The summed E-state index contributed by atoms with van der Waals surface area (Å²) < 4.78 is 1.40. The van der Waals surface area contributed by atoms with Gasteiger partial charge in [-0.05, 0) is 36.1 Å². The van der Waals surface area contributed by atoms with Crippen molar-refractivity contribution in [3.05, 3.63) is 62.3 Å². The third-order valence-electron chi connectivity index (χ3n) is 5.29. The number of aromatic nitrogens is 2. The maximum atomic E-state index is 13.3. The zero-order valence-electron chi connectivity index (χ0n) is 15.9. The molecule has 0 fully saturated rings.